The van der Waals surface area contributed by atoms with Gasteiger partial charge in [-0.3, -0.25) is 0 Å². The molecule has 0 radical (unpaired) electrons. The van der Waals surface area contributed by atoms with Crippen LogP contribution >= 0.6 is 15.9 Å². The van der Waals surface area contributed by atoms with Gasteiger partial charge in [0.15, 0.2) is 6.10 Å². The number of hydrogen-bond acceptors (Lipinski definition) is 4. The lowest BCUT2D eigenvalue weighted by Crippen LogP contribution is -2.13. The van der Waals surface area contributed by atoms with Crippen LogP contribution in [0.5, 0.6) is 5.75 Å². The third kappa shape index (κ3) is 3.87. The third-order valence-corrected chi connectivity index (χ3v) is 3.81. The molecular formula is C17H17BrO4. The first-order chi connectivity index (χ1) is 10.5. The van der Waals surface area contributed by atoms with Crippen molar-refractivity contribution in [1.82, 2.24) is 0 Å². The summed E-state index contributed by atoms with van der Waals surface area (Å²) in [6, 6.07) is 13.2. The minimum atomic E-state index is -1.30. The zero-order valence-electron chi connectivity index (χ0n) is 12.4. The molecule has 0 aliphatic heterocycles. The third-order valence-electron chi connectivity index (χ3n) is 3.22. The van der Waals surface area contributed by atoms with Crippen molar-refractivity contribution in [3.63, 3.8) is 0 Å². The Balaban J connectivity index is 2.18. The van der Waals surface area contributed by atoms with Gasteiger partial charge in [0.1, 0.15) is 12.4 Å². The molecule has 1 unspecified atom stereocenters. The smallest absolute Gasteiger partial charge is 0.339 e. The number of hydrogen-bond donors (Lipinski definition) is 1. The van der Waals surface area contributed by atoms with Gasteiger partial charge in [-0.25, -0.2) is 4.79 Å². The predicted molar refractivity (Wildman–Crippen MR) is 86.6 cm³/mol. The number of methoxy groups -OCH3 is 1. The minimum absolute atomic E-state index is 0.444. The maximum atomic E-state index is 11.4. The number of aryl methyl sites for hydroxylation is 1. The molecule has 0 fully saturated rings. The van der Waals surface area contributed by atoms with Crippen LogP contribution < -0.4 is 4.74 Å². The second-order valence-corrected chi connectivity index (χ2v) is 5.70. The van der Waals surface area contributed by atoms with E-state index in [1.54, 1.807) is 12.1 Å². The second-order valence-electron chi connectivity index (χ2n) is 4.85. The number of carbonyl (C=O) groups excluding carboxylic acids is 1. The molecule has 2 aromatic rings. The van der Waals surface area contributed by atoms with Crippen LogP contribution in [0.3, 0.4) is 0 Å². The van der Waals surface area contributed by atoms with E-state index < -0.39 is 12.1 Å². The molecule has 2 aromatic carbocycles. The average molecular weight is 365 g/mol. The topological polar surface area (TPSA) is 55.8 Å². The summed E-state index contributed by atoms with van der Waals surface area (Å²) in [5.41, 5.74) is 2.35. The molecule has 0 spiro atoms. The van der Waals surface area contributed by atoms with Crippen molar-refractivity contribution in [2.75, 3.05) is 7.11 Å². The molecule has 0 amide bonds. The van der Waals surface area contributed by atoms with E-state index >= 15 is 0 Å². The van der Waals surface area contributed by atoms with E-state index in [1.807, 2.05) is 37.3 Å². The molecule has 1 N–H and O–H groups in total. The van der Waals surface area contributed by atoms with Gasteiger partial charge in [-0.05, 0) is 51.7 Å². The first-order valence-electron chi connectivity index (χ1n) is 6.75. The lowest BCUT2D eigenvalue weighted by atomic mass is 10.1. The van der Waals surface area contributed by atoms with Crippen molar-refractivity contribution in [1.29, 1.82) is 0 Å². The molecule has 116 valence electrons. The van der Waals surface area contributed by atoms with Crippen LogP contribution in [-0.4, -0.2) is 18.2 Å². The molecule has 0 aliphatic carbocycles. The van der Waals surface area contributed by atoms with Crippen LogP contribution in [0.15, 0.2) is 46.9 Å². The van der Waals surface area contributed by atoms with Gasteiger partial charge in [-0.2, -0.15) is 0 Å². The van der Waals surface area contributed by atoms with Crippen molar-refractivity contribution in [3.05, 3.63) is 63.6 Å². The highest BCUT2D eigenvalue weighted by molar-refractivity contribution is 9.10. The molecule has 4 nitrogen and oxygen atoms in total. The Morgan fingerprint density at radius 1 is 1.27 bits per heavy atom. The van der Waals surface area contributed by atoms with E-state index in [2.05, 4.69) is 20.7 Å². The maximum Gasteiger partial charge on any atom is 0.339 e. The first kappa shape index (κ1) is 16.5. The molecule has 0 bridgehead atoms. The highest BCUT2D eigenvalue weighted by Crippen LogP contribution is 2.33. The zero-order valence-corrected chi connectivity index (χ0v) is 14.0. The van der Waals surface area contributed by atoms with Crippen LogP contribution in [0.25, 0.3) is 0 Å². The van der Waals surface area contributed by atoms with Crippen LogP contribution in [0.2, 0.25) is 0 Å². The number of halogens is 1. The standard InChI is InChI=1S/C17H17BrO4/c1-11-8-13(15(19)17(20)21-2)9-14(18)16(11)22-10-12-6-4-3-5-7-12/h3-9,15,19H,10H2,1-2H3. The normalized spacial score (nSPS) is 11.8. The lowest BCUT2D eigenvalue weighted by molar-refractivity contribution is -0.150. The number of ether oxygens (including phenoxy) is 2. The van der Waals surface area contributed by atoms with Gasteiger partial charge in [-0.15, -0.1) is 0 Å². The minimum Gasteiger partial charge on any atom is -0.487 e. The van der Waals surface area contributed by atoms with Crippen molar-refractivity contribution in [2.45, 2.75) is 19.6 Å². The molecule has 0 heterocycles. The molecule has 0 aromatic heterocycles. The summed E-state index contributed by atoms with van der Waals surface area (Å²) in [5.74, 6) is -0.00563. The van der Waals surface area contributed by atoms with Gasteiger partial charge in [-0.1, -0.05) is 30.3 Å². The fraction of sp³-hybridized carbons (Fsp3) is 0.235. The fourth-order valence-electron chi connectivity index (χ4n) is 2.08. The van der Waals surface area contributed by atoms with E-state index in [-0.39, 0.29) is 0 Å². The largest absolute Gasteiger partial charge is 0.487 e. The van der Waals surface area contributed by atoms with Crippen LogP contribution in [0.4, 0.5) is 0 Å². The summed E-state index contributed by atoms with van der Waals surface area (Å²) in [5, 5.41) is 9.90. The van der Waals surface area contributed by atoms with Gasteiger partial charge in [0.2, 0.25) is 0 Å². The first-order valence-corrected chi connectivity index (χ1v) is 7.55. The molecule has 5 heteroatoms. The van der Waals surface area contributed by atoms with Gasteiger partial charge in [0.05, 0.1) is 11.6 Å². The summed E-state index contributed by atoms with van der Waals surface area (Å²) in [7, 11) is 1.24. The van der Waals surface area contributed by atoms with E-state index in [0.29, 0.717) is 22.4 Å². The number of rotatable bonds is 5. The van der Waals surface area contributed by atoms with E-state index in [1.165, 1.54) is 7.11 Å². The summed E-state index contributed by atoms with van der Waals surface area (Å²) in [6.07, 6.45) is -1.30. The molecule has 22 heavy (non-hydrogen) atoms. The number of esters is 1. The Morgan fingerprint density at radius 3 is 2.55 bits per heavy atom. The lowest BCUT2D eigenvalue weighted by Gasteiger charge is -2.15. The molecule has 0 saturated heterocycles. The maximum absolute atomic E-state index is 11.4. The monoisotopic (exact) mass is 364 g/mol. The number of carbonyl (C=O) groups is 1. The molecule has 2 rings (SSSR count). The number of aliphatic hydroxyl groups is 1. The molecule has 0 aliphatic rings. The molecule has 0 saturated carbocycles. The highest BCUT2D eigenvalue weighted by Gasteiger charge is 2.20. The van der Waals surface area contributed by atoms with Crippen LogP contribution in [-0.2, 0) is 16.1 Å². The summed E-state index contributed by atoms with van der Waals surface area (Å²) < 4.78 is 11.1. The zero-order chi connectivity index (χ0) is 16.1. The number of aliphatic hydroxyl groups excluding tert-OH is 1. The quantitative estimate of drug-likeness (QED) is 0.824. The van der Waals surface area contributed by atoms with Gasteiger partial charge >= 0.3 is 5.97 Å². The van der Waals surface area contributed by atoms with Crippen molar-refractivity contribution < 1.29 is 19.4 Å². The Morgan fingerprint density at radius 2 is 1.95 bits per heavy atom. The predicted octanol–water partition coefficient (Wildman–Crippen LogP) is 3.54. The van der Waals surface area contributed by atoms with Crippen molar-refractivity contribution in [2.24, 2.45) is 0 Å². The van der Waals surface area contributed by atoms with Gasteiger partial charge < -0.3 is 14.6 Å². The summed E-state index contributed by atoms with van der Waals surface area (Å²) in [6.45, 7) is 2.30. The van der Waals surface area contributed by atoms with Gasteiger partial charge in [0.25, 0.3) is 0 Å². The SMILES string of the molecule is COC(=O)C(O)c1cc(C)c(OCc2ccccc2)c(Br)c1. The Kier molecular flexibility index (Phi) is 5.57. The van der Waals surface area contributed by atoms with Crippen LogP contribution in [0.1, 0.15) is 22.8 Å². The second kappa shape index (κ2) is 7.42. The summed E-state index contributed by atoms with van der Waals surface area (Å²) >= 11 is 3.42. The van der Waals surface area contributed by atoms with E-state index in [9.17, 15) is 9.90 Å². The molecule has 1 atom stereocenters. The van der Waals surface area contributed by atoms with E-state index in [0.717, 1.165) is 11.1 Å². The van der Waals surface area contributed by atoms with Gasteiger partial charge in [0, 0.05) is 0 Å². The highest BCUT2D eigenvalue weighted by atomic mass is 79.9. The Bertz CT molecular complexity index is 632. The van der Waals surface area contributed by atoms with Crippen LogP contribution in [0, 0.1) is 6.92 Å². The Hall–Kier alpha value is -1.85. The van der Waals surface area contributed by atoms with E-state index in [4.69, 9.17) is 4.74 Å². The summed E-state index contributed by atoms with van der Waals surface area (Å²) in [4.78, 5) is 11.4. The Labute approximate surface area is 137 Å². The van der Waals surface area contributed by atoms with Crippen molar-refractivity contribution >= 4 is 21.9 Å². The molecular weight excluding hydrogens is 348 g/mol. The van der Waals surface area contributed by atoms with Crippen molar-refractivity contribution in [3.8, 4) is 5.75 Å². The average Bonchev–Trinajstić information content (AvgIpc) is 2.53. The fourth-order valence-corrected chi connectivity index (χ4v) is 2.77. The number of benzene rings is 2.